The summed E-state index contributed by atoms with van der Waals surface area (Å²) in [6, 6.07) is 5.20. The summed E-state index contributed by atoms with van der Waals surface area (Å²) in [6.07, 6.45) is 4.30. The van der Waals surface area contributed by atoms with Crippen LogP contribution < -0.4 is 10.6 Å². The van der Waals surface area contributed by atoms with E-state index in [0.717, 1.165) is 49.8 Å². The number of hydrogen-bond donors (Lipinski definition) is 2. The van der Waals surface area contributed by atoms with Crippen molar-refractivity contribution in [3.63, 3.8) is 0 Å². The van der Waals surface area contributed by atoms with Gasteiger partial charge in [-0.1, -0.05) is 13.0 Å². The Hall–Kier alpha value is -2.03. The summed E-state index contributed by atoms with van der Waals surface area (Å²) >= 11 is 0. The molecule has 8 heteroatoms. The number of fused-ring (bicyclic) bond motifs is 1. The first-order valence-corrected chi connectivity index (χ1v) is 12.8. The van der Waals surface area contributed by atoms with E-state index in [-0.39, 0.29) is 41.7 Å². The molecule has 0 spiro atoms. The lowest BCUT2D eigenvalue weighted by atomic mass is 9.92. The third kappa shape index (κ3) is 5.96. The number of carbonyl (C=O) groups excluding carboxylic acids is 2. The molecule has 1 aliphatic heterocycles. The zero-order chi connectivity index (χ0) is 24.1. The largest absolute Gasteiger partial charge is 0.373 e. The molecule has 0 aromatic heterocycles. The lowest BCUT2D eigenvalue weighted by molar-refractivity contribution is -0.148. The van der Waals surface area contributed by atoms with Crippen LogP contribution in [0.3, 0.4) is 0 Å². The highest BCUT2D eigenvalue weighted by atomic mass is 19.1. The second-order valence-electron chi connectivity index (χ2n) is 9.67. The topological polar surface area (TPSA) is 79.9 Å². The average molecular weight is 476 g/mol. The Kier molecular flexibility index (Phi) is 8.55. The van der Waals surface area contributed by atoms with Gasteiger partial charge in [-0.25, -0.2) is 4.39 Å². The van der Waals surface area contributed by atoms with Crippen molar-refractivity contribution in [2.45, 2.75) is 82.6 Å². The number of nitrogens with one attached hydrogen (secondary N) is 2. The van der Waals surface area contributed by atoms with Gasteiger partial charge in [0.2, 0.25) is 5.91 Å². The lowest BCUT2D eigenvalue weighted by Crippen LogP contribution is -2.53. The van der Waals surface area contributed by atoms with Crippen LogP contribution >= 0.6 is 0 Å². The third-order valence-electron chi connectivity index (χ3n) is 7.22. The first-order chi connectivity index (χ1) is 16.5. The maximum atomic E-state index is 14.1. The van der Waals surface area contributed by atoms with Crippen LogP contribution in [0.5, 0.6) is 0 Å². The van der Waals surface area contributed by atoms with E-state index in [1.807, 2.05) is 17.9 Å². The predicted molar refractivity (Wildman–Crippen MR) is 127 cm³/mol. The molecule has 0 bridgehead atoms. The van der Waals surface area contributed by atoms with Crippen LogP contribution in [0.15, 0.2) is 18.2 Å². The van der Waals surface area contributed by atoms with Crippen LogP contribution in [0.2, 0.25) is 0 Å². The van der Waals surface area contributed by atoms with Gasteiger partial charge in [-0.3, -0.25) is 9.59 Å². The molecule has 0 radical (unpaired) electrons. The van der Waals surface area contributed by atoms with Crippen molar-refractivity contribution in [3.05, 3.63) is 35.1 Å². The highest BCUT2D eigenvalue weighted by molar-refractivity contribution is 5.82. The minimum atomic E-state index is -0.439. The van der Waals surface area contributed by atoms with Gasteiger partial charge in [0.05, 0.1) is 12.7 Å². The van der Waals surface area contributed by atoms with Crippen LogP contribution in [-0.2, 0) is 19.1 Å². The van der Waals surface area contributed by atoms with Gasteiger partial charge in [0.15, 0.2) is 0 Å². The fourth-order valence-corrected chi connectivity index (χ4v) is 5.22. The molecule has 3 aliphatic rings. The maximum absolute atomic E-state index is 14.1. The van der Waals surface area contributed by atoms with Gasteiger partial charge in [-0.2, -0.15) is 0 Å². The number of unbranched alkanes of at least 4 members (excludes halogenated alkanes) is 1. The van der Waals surface area contributed by atoms with Crippen LogP contribution in [0.25, 0.3) is 0 Å². The molecule has 1 saturated carbocycles. The first-order valence-electron chi connectivity index (χ1n) is 12.8. The van der Waals surface area contributed by atoms with Gasteiger partial charge in [0.25, 0.3) is 5.91 Å². The van der Waals surface area contributed by atoms with E-state index in [9.17, 15) is 14.0 Å². The van der Waals surface area contributed by atoms with Gasteiger partial charge in [-0.15, -0.1) is 0 Å². The van der Waals surface area contributed by atoms with Crippen molar-refractivity contribution in [2.75, 3.05) is 32.8 Å². The normalized spacial score (nSPS) is 25.0. The van der Waals surface area contributed by atoms with E-state index in [1.54, 1.807) is 6.07 Å². The van der Waals surface area contributed by atoms with Crippen LogP contribution in [0, 0.1) is 5.82 Å². The van der Waals surface area contributed by atoms with Crippen molar-refractivity contribution in [1.29, 1.82) is 0 Å². The Morgan fingerprint density at radius 1 is 1.29 bits per heavy atom. The molecule has 34 heavy (non-hydrogen) atoms. The molecule has 2 amide bonds. The number of hydrogen-bond acceptors (Lipinski definition) is 5. The van der Waals surface area contributed by atoms with Crippen molar-refractivity contribution >= 4 is 11.8 Å². The van der Waals surface area contributed by atoms with Crippen molar-refractivity contribution in [2.24, 2.45) is 0 Å². The molecular weight excluding hydrogens is 437 g/mol. The third-order valence-corrected chi connectivity index (χ3v) is 7.22. The van der Waals surface area contributed by atoms with E-state index in [4.69, 9.17) is 9.47 Å². The van der Waals surface area contributed by atoms with E-state index in [0.29, 0.717) is 32.7 Å². The molecule has 1 saturated heterocycles. The van der Waals surface area contributed by atoms with Gasteiger partial charge in [0.1, 0.15) is 11.9 Å². The monoisotopic (exact) mass is 475 g/mol. The molecule has 1 heterocycles. The van der Waals surface area contributed by atoms with E-state index in [1.165, 1.54) is 6.07 Å². The molecular formula is C26H38FN3O4. The standard InChI is InChI=1S/C26H38FN3O4/c1-3-25(31)29-10-4-5-12-33-23-15-21(20-9-6-18(27)14-22(20)23)17(2)30(19-7-8-19)26(32)24-16-28-11-13-34-24/h6,9,14,17,19,21,23-24,28H,3-5,7-8,10-13,15-16H2,1-2H3,(H,29,31)/t17-,21?,23?,24?/m1/s1. The minimum absolute atomic E-state index is 0.0207. The molecule has 7 nitrogen and oxygen atoms in total. The number of morpholine rings is 1. The van der Waals surface area contributed by atoms with E-state index in [2.05, 4.69) is 17.6 Å². The molecule has 1 aromatic carbocycles. The van der Waals surface area contributed by atoms with Crippen molar-refractivity contribution < 1.29 is 23.5 Å². The Labute approximate surface area is 201 Å². The molecule has 188 valence electrons. The second-order valence-corrected chi connectivity index (χ2v) is 9.67. The smallest absolute Gasteiger partial charge is 0.253 e. The predicted octanol–water partition coefficient (Wildman–Crippen LogP) is 3.05. The van der Waals surface area contributed by atoms with Crippen LogP contribution in [-0.4, -0.2) is 67.7 Å². The number of nitrogens with zero attached hydrogens (tertiary/aromatic N) is 1. The SMILES string of the molecule is CCC(=O)NCCCCOC1CC([C@@H](C)N(C(=O)C2CNCCO2)C2CC2)c2ccc(F)cc21. The fraction of sp³-hybridized carbons (Fsp3) is 0.692. The maximum Gasteiger partial charge on any atom is 0.253 e. The number of ether oxygens (including phenoxy) is 2. The van der Waals surface area contributed by atoms with Gasteiger partial charge in [-0.05, 0) is 62.3 Å². The fourth-order valence-electron chi connectivity index (χ4n) is 5.22. The zero-order valence-electron chi connectivity index (χ0n) is 20.4. The molecule has 4 rings (SSSR count). The Morgan fingerprint density at radius 2 is 2.12 bits per heavy atom. The van der Waals surface area contributed by atoms with Gasteiger partial charge in [0, 0.05) is 50.7 Å². The van der Waals surface area contributed by atoms with E-state index < -0.39 is 6.10 Å². The van der Waals surface area contributed by atoms with Crippen molar-refractivity contribution in [1.82, 2.24) is 15.5 Å². The number of benzene rings is 1. The Balaban J connectivity index is 1.40. The summed E-state index contributed by atoms with van der Waals surface area (Å²) in [6.45, 7) is 7.01. The summed E-state index contributed by atoms with van der Waals surface area (Å²) in [5.41, 5.74) is 1.98. The summed E-state index contributed by atoms with van der Waals surface area (Å²) in [4.78, 5) is 26.8. The molecule has 3 unspecified atom stereocenters. The Morgan fingerprint density at radius 3 is 2.82 bits per heavy atom. The summed E-state index contributed by atoms with van der Waals surface area (Å²) in [5, 5.41) is 6.13. The van der Waals surface area contributed by atoms with Crippen molar-refractivity contribution in [3.8, 4) is 0 Å². The van der Waals surface area contributed by atoms with Crippen LogP contribution in [0.1, 0.15) is 75.5 Å². The highest BCUT2D eigenvalue weighted by Gasteiger charge is 2.45. The zero-order valence-corrected chi connectivity index (χ0v) is 20.4. The summed E-state index contributed by atoms with van der Waals surface area (Å²) in [7, 11) is 0. The van der Waals surface area contributed by atoms with E-state index >= 15 is 0 Å². The number of rotatable bonds is 11. The highest BCUT2D eigenvalue weighted by Crippen LogP contribution is 2.47. The Bertz CT molecular complexity index is 856. The molecule has 2 aliphatic carbocycles. The van der Waals surface area contributed by atoms with Gasteiger partial charge < -0.3 is 25.0 Å². The minimum Gasteiger partial charge on any atom is -0.373 e. The summed E-state index contributed by atoms with van der Waals surface area (Å²) in [5.74, 6) is -0.0586. The second kappa shape index (κ2) is 11.6. The molecule has 1 aromatic rings. The quantitative estimate of drug-likeness (QED) is 0.481. The number of carbonyl (C=O) groups is 2. The molecule has 2 fully saturated rings. The molecule has 4 atom stereocenters. The molecule has 2 N–H and O–H groups in total. The number of halogens is 1. The average Bonchev–Trinajstić information content (AvgIpc) is 3.62. The summed E-state index contributed by atoms with van der Waals surface area (Å²) < 4.78 is 26.1. The number of amides is 2. The lowest BCUT2D eigenvalue weighted by Gasteiger charge is -2.37. The van der Waals surface area contributed by atoms with Gasteiger partial charge >= 0.3 is 0 Å². The first kappa shape index (κ1) is 25.1. The van der Waals surface area contributed by atoms with Crippen LogP contribution in [0.4, 0.5) is 4.39 Å².